The molecule has 2 aromatic rings. The maximum Gasteiger partial charge on any atom is 0.374 e. The van der Waals surface area contributed by atoms with Gasteiger partial charge in [0.25, 0.3) is 5.91 Å². The SMILES string of the molecule is CCCCCCOC(=O)/C=C(/Oc1ccccc1NC(=O)c1ccc(CCCCC)cc1)C(=O)OCCCCCC. The highest BCUT2D eigenvalue weighted by molar-refractivity contribution is 6.05. The Morgan fingerprint density at radius 3 is 1.98 bits per heavy atom. The van der Waals surface area contributed by atoms with E-state index in [0.717, 1.165) is 76.7 Å². The van der Waals surface area contributed by atoms with Gasteiger partial charge in [-0.1, -0.05) is 96.4 Å². The van der Waals surface area contributed by atoms with Gasteiger partial charge in [-0.25, -0.2) is 9.59 Å². The Bertz CT molecular complexity index is 1090. The zero-order chi connectivity index (χ0) is 29.7. The lowest BCUT2D eigenvalue weighted by atomic mass is 10.1. The number of carbonyl (C=O) groups excluding carboxylic acids is 3. The van der Waals surface area contributed by atoms with Crippen molar-refractivity contribution in [1.82, 2.24) is 0 Å². The van der Waals surface area contributed by atoms with Gasteiger partial charge in [0.1, 0.15) is 0 Å². The summed E-state index contributed by atoms with van der Waals surface area (Å²) in [6, 6.07) is 14.3. The highest BCUT2D eigenvalue weighted by Gasteiger charge is 2.19. The van der Waals surface area contributed by atoms with Crippen molar-refractivity contribution in [2.24, 2.45) is 0 Å². The zero-order valence-corrected chi connectivity index (χ0v) is 25.0. The summed E-state index contributed by atoms with van der Waals surface area (Å²) < 4.78 is 16.6. The summed E-state index contributed by atoms with van der Waals surface area (Å²) in [6.45, 7) is 6.87. The predicted molar refractivity (Wildman–Crippen MR) is 163 cm³/mol. The number of hydrogen-bond donors (Lipinski definition) is 1. The van der Waals surface area contributed by atoms with E-state index < -0.39 is 11.9 Å². The number of ether oxygens (including phenoxy) is 3. The number of esters is 2. The fourth-order valence-electron chi connectivity index (χ4n) is 4.12. The molecule has 0 atom stereocenters. The summed E-state index contributed by atoms with van der Waals surface area (Å²) in [7, 11) is 0. The van der Waals surface area contributed by atoms with Crippen molar-refractivity contribution in [3.63, 3.8) is 0 Å². The number of carbonyl (C=O) groups is 3. The van der Waals surface area contributed by atoms with Gasteiger partial charge in [0.2, 0.25) is 5.76 Å². The third kappa shape index (κ3) is 13.5. The largest absolute Gasteiger partial charge is 0.462 e. The number of benzene rings is 2. The second-order valence-corrected chi connectivity index (χ2v) is 10.1. The van der Waals surface area contributed by atoms with Crippen LogP contribution in [0.25, 0.3) is 0 Å². The number of rotatable bonds is 20. The highest BCUT2D eigenvalue weighted by Crippen LogP contribution is 2.27. The third-order valence-corrected chi connectivity index (χ3v) is 6.56. The Balaban J connectivity index is 2.12. The van der Waals surface area contributed by atoms with E-state index in [1.54, 1.807) is 36.4 Å². The van der Waals surface area contributed by atoms with E-state index in [1.807, 2.05) is 12.1 Å². The Kier molecular flexibility index (Phi) is 16.6. The van der Waals surface area contributed by atoms with Crippen LogP contribution in [0.4, 0.5) is 5.69 Å². The van der Waals surface area contributed by atoms with Crippen LogP contribution < -0.4 is 10.1 Å². The number of anilines is 1. The van der Waals surface area contributed by atoms with Gasteiger partial charge in [-0.2, -0.15) is 0 Å². The smallest absolute Gasteiger partial charge is 0.374 e. The molecule has 0 bridgehead atoms. The van der Waals surface area contributed by atoms with Crippen LogP contribution in [0.3, 0.4) is 0 Å². The van der Waals surface area contributed by atoms with Gasteiger partial charge < -0.3 is 19.5 Å². The minimum Gasteiger partial charge on any atom is -0.462 e. The number of nitrogens with one attached hydrogen (secondary N) is 1. The van der Waals surface area contributed by atoms with Crippen molar-refractivity contribution in [2.45, 2.75) is 97.8 Å². The molecule has 224 valence electrons. The molecule has 0 aromatic heterocycles. The van der Waals surface area contributed by atoms with Gasteiger partial charge in [0.05, 0.1) is 25.0 Å². The van der Waals surface area contributed by atoms with Crippen molar-refractivity contribution in [3.05, 3.63) is 71.5 Å². The van der Waals surface area contributed by atoms with Crippen molar-refractivity contribution >= 4 is 23.5 Å². The average molecular weight is 566 g/mol. The molecular weight excluding hydrogens is 518 g/mol. The number of para-hydroxylation sites is 2. The second-order valence-electron chi connectivity index (χ2n) is 10.1. The first-order valence-electron chi connectivity index (χ1n) is 15.2. The van der Waals surface area contributed by atoms with Crippen LogP contribution >= 0.6 is 0 Å². The summed E-state index contributed by atoms with van der Waals surface area (Å²) >= 11 is 0. The van der Waals surface area contributed by atoms with E-state index in [4.69, 9.17) is 14.2 Å². The maximum absolute atomic E-state index is 13.0. The van der Waals surface area contributed by atoms with Crippen LogP contribution in [0.2, 0.25) is 0 Å². The van der Waals surface area contributed by atoms with E-state index in [9.17, 15) is 14.4 Å². The van der Waals surface area contributed by atoms with Crippen LogP contribution in [0.1, 0.15) is 107 Å². The predicted octanol–water partition coefficient (Wildman–Crippen LogP) is 8.18. The van der Waals surface area contributed by atoms with E-state index in [2.05, 4.69) is 26.1 Å². The molecule has 1 amide bonds. The molecule has 41 heavy (non-hydrogen) atoms. The third-order valence-electron chi connectivity index (χ3n) is 6.56. The fourth-order valence-corrected chi connectivity index (χ4v) is 4.12. The molecule has 0 aliphatic rings. The van der Waals surface area contributed by atoms with Crippen LogP contribution in [0, 0.1) is 0 Å². The van der Waals surface area contributed by atoms with Gasteiger partial charge >= 0.3 is 11.9 Å². The van der Waals surface area contributed by atoms with Gasteiger partial charge in [-0.05, 0) is 55.5 Å². The Morgan fingerprint density at radius 1 is 0.707 bits per heavy atom. The summed E-state index contributed by atoms with van der Waals surface area (Å²) in [4.78, 5) is 38.4. The monoisotopic (exact) mass is 565 g/mol. The van der Waals surface area contributed by atoms with E-state index in [-0.39, 0.29) is 30.6 Å². The first-order valence-corrected chi connectivity index (χ1v) is 15.2. The van der Waals surface area contributed by atoms with Crippen molar-refractivity contribution in [3.8, 4) is 5.75 Å². The molecule has 0 saturated carbocycles. The fraction of sp³-hybridized carbons (Fsp3) is 0.500. The molecule has 7 nitrogen and oxygen atoms in total. The van der Waals surface area contributed by atoms with E-state index >= 15 is 0 Å². The Labute approximate surface area is 245 Å². The molecule has 0 radical (unpaired) electrons. The summed E-state index contributed by atoms with van der Waals surface area (Å²) in [5, 5.41) is 2.86. The van der Waals surface area contributed by atoms with Crippen molar-refractivity contribution in [2.75, 3.05) is 18.5 Å². The first kappa shape index (κ1) is 33.6. The first-order chi connectivity index (χ1) is 20.0. The Hall–Kier alpha value is -3.61. The molecule has 0 unspecified atom stereocenters. The topological polar surface area (TPSA) is 90.9 Å². The molecule has 0 saturated heterocycles. The minimum absolute atomic E-state index is 0.210. The minimum atomic E-state index is -0.760. The zero-order valence-electron chi connectivity index (χ0n) is 25.0. The molecule has 0 fully saturated rings. The van der Waals surface area contributed by atoms with Crippen molar-refractivity contribution < 1.29 is 28.6 Å². The molecule has 0 heterocycles. The maximum atomic E-state index is 13.0. The van der Waals surface area contributed by atoms with Crippen molar-refractivity contribution in [1.29, 1.82) is 0 Å². The van der Waals surface area contributed by atoms with Crippen LogP contribution in [0.15, 0.2) is 60.4 Å². The summed E-state index contributed by atoms with van der Waals surface area (Å²) in [5.41, 5.74) is 2.06. The van der Waals surface area contributed by atoms with Crippen LogP contribution in [0.5, 0.6) is 5.75 Å². The molecule has 0 aliphatic carbocycles. The Morgan fingerprint density at radius 2 is 1.32 bits per heavy atom. The number of amides is 1. The standard InChI is InChI=1S/C34H47NO6/c1-4-7-10-15-24-39-32(36)26-31(34(38)40-25-16-11-8-5-2)41-30-19-14-13-18-29(30)35-33(37)28-22-20-27(21-23-28)17-12-9-6-3/h13-14,18-23,26H,4-12,15-17,24-25H2,1-3H3,(H,35,37)/b31-26+. The quantitative estimate of drug-likeness (QED) is 0.0753. The van der Waals surface area contributed by atoms with Gasteiger partial charge in [0, 0.05) is 5.56 Å². The lowest BCUT2D eigenvalue weighted by molar-refractivity contribution is -0.143. The van der Waals surface area contributed by atoms with Gasteiger partial charge in [-0.15, -0.1) is 0 Å². The molecule has 1 N–H and O–H groups in total. The number of unbranched alkanes of at least 4 members (excludes halogenated alkanes) is 8. The molecule has 2 aromatic carbocycles. The molecule has 7 heteroatoms. The van der Waals surface area contributed by atoms with Gasteiger partial charge in [0.15, 0.2) is 5.75 Å². The summed E-state index contributed by atoms with van der Waals surface area (Å²) in [5.74, 6) is -1.83. The van der Waals surface area contributed by atoms with E-state index in [0.29, 0.717) is 11.3 Å². The average Bonchev–Trinajstić information content (AvgIpc) is 2.98. The molecule has 0 aliphatic heterocycles. The van der Waals surface area contributed by atoms with Crippen LogP contribution in [-0.2, 0) is 25.5 Å². The van der Waals surface area contributed by atoms with Gasteiger partial charge in [-0.3, -0.25) is 4.79 Å². The van der Waals surface area contributed by atoms with E-state index in [1.165, 1.54) is 12.0 Å². The molecule has 2 rings (SSSR count). The summed E-state index contributed by atoms with van der Waals surface area (Å²) in [6.07, 6.45) is 13.1. The molecular formula is C34H47NO6. The highest BCUT2D eigenvalue weighted by atomic mass is 16.6. The lowest BCUT2D eigenvalue weighted by Gasteiger charge is -2.14. The van der Waals surface area contributed by atoms with Crippen LogP contribution in [-0.4, -0.2) is 31.1 Å². The lowest BCUT2D eigenvalue weighted by Crippen LogP contribution is -2.18. The second kappa shape index (κ2) is 20.3. The molecule has 0 spiro atoms. The number of hydrogen-bond acceptors (Lipinski definition) is 6. The normalized spacial score (nSPS) is 11.1. The number of aryl methyl sites for hydroxylation is 1.